The first-order valence-electron chi connectivity index (χ1n) is 2.34. The number of carbonyl (C=O) groups is 1. The summed E-state index contributed by atoms with van der Waals surface area (Å²) in [5.74, 6) is -3.67. The highest BCUT2D eigenvalue weighted by atomic mass is 19.3. The fourth-order valence-corrected chi connectivity index (χ4v) is 0.454. The summed E-state index contributed by atoms with van der Waals surface area (Å²) in [6.07, 6.45) is 1.27. The molecule has 2 nitrogen and oxygen atoms in total. The van der Waals surface area contributed by atoms with Crippen LogP contribution in [-0.2, 0) is 9.53 Å². The Labute approximate surface area is 50.1 Å². The van der Waals surface area contributed by atoms with Crippen molar-refractivity contribution in [3.8, 4) is 0 Å². The van der Waals surface area contributed by atoms with E-state index in [1.54, 1.807) is 0 Å². The Balaban J connectivity index is 2.69. The molecule has 0 saturated carbocycles. The van der Waals surface area contributed by atoms with E-state index in [-0.39, 0.29) is 0 Å². The zero-order valence-corrected chi connectivity index (χ0v) is 4.43. The van der Waals surface area contributed by atoms with Gasteiger partial charge in [-0.3, -0.25) is 0 Å². The highest BCUT2D eigenvalue weighted by Crippen LogP contribution is 2.18. The van der Waals surface area contributed by atoms with Crippen molar-refractivity contribution < 1.29 is 18.3 Å². The Morgan fingerprint density at radius 2 is 2.33 bits per heavy atom. The number of hydrogen-bond acceptors (Lipinski definition) is 2. The molecule has 0 N–H and O–H groups in total. The van der Waals surface area contributed by atoms with Gasteiger partial charge in [0, 0.05) is 6.08 Å². The average molecular weight is 134 g/mol. The zero-order valence-electron chi connectivity index (χ0n) is 4.43. The molecule has 0 aromatic rings. The summed E-state index contributed by atoms with van der Waals surface area (Å²) in [4.78, 5) is 10.1. The molecule has 0 saturated heterocycles. The first-order chi connectivity index (χ1) is 4.10. The van der Waals surface area contributed by atoms with Gasteiger partial charge in [0.15, 0.2) is 6.61 Å². The highest BCUT2D eigenvalue weighted by Gasteiger charge is 2.30. The second-order valence-corrected chi connectivity index (χ2v) is 1.70. The molecule has 1 aliphatic rings. The highest BCUT2D eigenvalue weighted by molar-refractivity contribution is 5.82. The molecule has 1 rings (SSSR count). The Morgan fingerprint density at radius 3 is 2.67 bits per heavy atom. The van der Waals surface area contributed by atoms with Crippen LogP contribution in [0.3, 0.4) is 0 Å². The van der Waals surface area contributed by atoms with Gasteiger partial charge in [0.25, 0.3) is 5.92 Å². The number of cyclic esters (lactones) is 1. The lowest BCUT2D eigenvalue weighted by atomic mass is 10.3. The van der Waals surface area contributed by atoms with Crippen molar-refractivity contribution in [2.75, 3.05) is 6.61 Å². The van der Waals surface area contributed by atoms with Crippen LogP contribution in [0.5, 0.6) is 0 Å². The van der Waals surface area contributed by atoms with E-state index < -0.39 is 18.5 Å². The maximum atomic E-state index is 12.0. The molecule has 1 heterocycles. The molecule has 1 aliphatic heterocycles. The van der Waals surface area contributed by atoms with Crippen LogP contribution in [0.1, 0.15) is 0 Å². The van der Waals surface area contributed by atoms with Crippen LogP contribution >= 0.6 is 0 Å². The van der Waals surface area contributed by atoms with Crippen molar-refractivity contribution in [3.63, 3.8) is 0 Å². The van der Waals surface area contributed by atoms with Gasteiger partial charge < -0.3 is 4.74 Å². The van der Waals surface area contributed by atoms with Crippen LogP contribution in [-0.4, -0.2) is 18.5 Å². The second-order valence-electron chi connectivity index (χ2n) is 1.70. The van der Waals surface area contributed by atoms with Crippen molar-refractivity contribution in [2.24, 2.45) is 0 Å². The molecule has 0 aromatic carbocycles. The van der Waals surface area contributed by atoms with Crippen LogP contribution < -0.4 is 0 Å². The molecule has 0 aliphatic carbocycles. The fraction of sp³-hybridized carbons (Fsp3) is 0.400. The summed E-state index contributed by atoms with van der Waals surface area (Å²) < 4.78 is 28.0. The molecule has 0 bridgehead atoms. The quantitative estimate of drug-likeness (QED) is 0.456. The van der Waals surface area contributed by atoms with E-state index in [1.165, 1.54) is 0 Å². The Bertz CT molecular complexity index is 162. The van der Waals surface area contributed by atoms with Gasteiger partial charge in [-0.05, 0) is 6.08 Å². The van der Waals surface area contributed by atoms with Gasteiger partial charge in [0.1, 0.15) is 0 Å². The van der Waals surface area contributed by atoms with Crippen molar-refractivity contribution in [3.05, 3.63) is 12.2 Å². The van der Waals surface area contributed by atoms with Gasteiger partial charge in [-0.15, -0.1) is 0 Å². The van der Waals surface area contributed by atoms with Gasteiger partial charge in [-0.1, -0.05) is 0 Å². The van der Waals surface area contributed by atoms with E-state index in [1.807, 2.05) is 0 Å². The first-order valence-corrected chi connectivity index (χ1v) is 2.34. The third kappa shape index (κ3) is 1.48. The van der Waals surface area contributed by atoms with E-state index in [0.29, 0.717) is 6.08 Å². The van der Waals surface area contributed by atoms with Crippen molar-refractivity contribution in [2.45, 2.75) is 5.92 Å². The number of hydrogen-bond donors (Lipinski definition) is 0. The maximum absolute atomic E-state index is 12.0. The summed E-state index contributed by atoms with van der Waals surface area (Å²) in [7, 11) is 0. The summed E-state index contributed by atoms with van der Waals surface area (Å²) in [6.45, 7) is -0.831. The smallest absolute Gasteiger partial charge is 0.330 e. The van der Waals surface area contributed by atoms with Crippen LogP contribution in [0.2, 0.25) is 0 Å². The van der Waals surface area contributed by atoms with Crippen LogP contribution in [0.25, 0.3) is 0 Å². The predicted octanol–water partition coefficient (Wildman–Crippen LogP) is 0.735. The molecule has 0 amide bonds. The monoisotopic (exact) mass is 134 g/mol. The molecule has 0 aromatic heterocycles. The van der Waals surface area contributed by atoms with Crippen LogP contribution in [0.4, 0.5) is 8.78 Å². The minimum atomic E-state index is -2.96. The Kier molecular flexibility index (Phi) is 1.23. The number of ether oxygens (including phenoxy) is 1. The topological polar surface area (TPSA) is 26.3 Å². The predicted molar refractivity (Wildman–Crippen MR) is 25.0 cm³/mol. The molecule has 4 heteroatoms. The standard InChI is InChI=1S/C5H4F2O2/c6-5(7)2-1-4(8)9-3-5/h1-2H,3H2. The first kappa shape index (κ1) is 6.19. The van der Waals surface area contributed by atoms with Gasteiger partial charge in [-0.2, -0.15) is 8.78 Å². The largest absolute Gasteiger partial charge is 0.456 e. The molecule has 0 spiro atoms. The SMILES string of the molecule is O=C1C=CC(F)(F)CO1. The summed E-state index contributed by atoms with van der Waals surface area (Å²) in [6, 6.07) is 0. The van der Waals surface area contributed by atoms with E-state index >= 15 is 0 Å². The number of carbonyl (C=O) groups excluding carboxylic acids is 1. The molecule has 50 valence electrons. The lowest BCUT2D eigenvalue weighted by Crippen LogP contribution is -2.26. The van der Waals surface area contributed by atoms with Gasteiger partial charge in [0.05, 0.1) is 0 Å². The second kappa shape index (κ2) is 1.79. The van der Waals surface area contributed by atoms with Crippen LogP contribution in [0, 0.1) is 0 Å². The van der Waals surface area contributed by atoms with Crippen molar-refractivity contribution in [1.82, 2.24) is 0 Å². The number of alkyl halides is 2. The number of halogens is 2. The molecule has 0 radical (unpaired) electrons. The minimum Gasteiger partial charge on any atom is -0.456 e. The van der Waals surface area contributed by atoms with Crippen molar-refractivity contribution >= 4 is 5.97 Å². The Morgan fingerprint density at radius 1 is 1.67 bits per heavy atom. The number of esters is 1. The minimum absolute atomic E-state index is 0.541. The van der Waals surface area contributed by atoms with Crippen LogP contribution in [0.15, 0.2) is 12.2 Å². The lowest BCUT2D eigenvalue weighted by molar-refractivity contribution is -0.148. The summed E-state index contributed by atoms with van der Waals surface area (Å²) in [5, 5.41) is 0. The fourth-order valence-electron chi connectivity index (χ4n) is 0.454. The van der Waals surface area contributed by atoms with E-state index in [0.717, 1.165) is 6.08 Å². The lowest BCUT2D eigenvalue weighted by Gasteiger charge is -2.14. The molecule has 9 heavy (non-hydrogen) atoms. The molecule has 0 atom stereocenters. The molecule has 0 fully saturated rings. The normalized spacial score (nSPS) is 23.6. The third-order valence-corrected chi connectivity index (χ3v) is 0.870. The average Bonchev–Trinajstić information content (AvgIpc) is 1.78. The summed E-state index contributed by atoms with van der Waals surface area (Å²) in [5.41, 5.74) is 0. The van der Waals surface area contributed by atoms with Gasteiger partial charge >= 0.3 is 5.97 Å². The zero-order chi connectivity index (χ0) is 6.91. The molecular weight excluding hydrogens is 130 g/mol. The molecule has 0 unspecified atom stereocenters. The van der Waals surface area contributed by atoms with E-state index in [4.69, 9.17) is 0 Å². The molecular formula is C5H4F2O2. The Hall–Kier alpha value is -0.930. The third-order valence-electron chi connectivity index (χ3n) is 0.870. The summed E-state index contributed by atoms with van der Waals surface area (Å²) >= 11 is 0. The maximum Gasteiger partial charge on any atom is 0.330 e. The van der Waals surface area contributed by atoms with E-state index in [2.05, 4.69) is 4.74 Å². The number of rotatable bonds is 0. The van der Waals surface area contributed by atoms with Gasteiger partial charge in [-0.25, -0.2) is 4.79 Å². The van der Waals surface area contributed by atoms with E-state index in [9.17, 15) is 13.6 Å². The van der Waals surface area contributed by atoms with Gasteiger partial charge in [0.2, 0.25) is 0 Å². The van der Waals surface area contributed by atoms with Crippen molar-refractivity contribution in [1.29, 1.82) is 0 Å².